The Morgan fingerprint density at radius 3 is 2.26 bits per heavy atom. The Hall–Kier alpha value is -3.43. The highest BCUT2D eigenvalue weighted by Crippen LogP contribution is 2.26. The molecule has 4 rings (SSSR count). The summed E-state index contributed by atoms with van der Waals surface area (Å²) in [5.41, 5.74) is 3.22. The number of carbonyl (C=O) groups is 1. The van der Waals surface area contributed by atoms with Gasteiger partial charge >= 0.3 is 4.87 Å². The number of benzene rings is 3. The Morgan fingerprint density at radius 1 is 1.00 bits per heavy atom. The van der Waals surface area contributed by atoms with E-state index in [1.807, 2.05) is 26.8 Å². The second-order valence-electron chi connectivity index (χ2n) is 8.30. The highest BCUT2D eigenvalue weighted by atomic mass is 32.2. The molecule has 176 valence electrons. The molecular weight excluding hydrogens is 470 g/mol. The first-order valence-electron chi connectivity index (χ1n) is 10.7. The minimum absolute atomic E-state index is 0.0335. The van der Waals surface area contributed by atoms with Crippen molar-refractivity contribution < 1.29 is 13.2 Å². The Kier molecular flexibility index (Phi) is 6.33. The first-order chi connectivity index (χ1) is 16.1. The van der Waals surface area contributed by atoms with Crippen molar-refractivity contribution in [2.45, 2.75) is 31.7 Å². The van der Waals surface area contributed by atoms with E-state index in [4.69, 9.17) is 0 Å². The van der Waals surface area contributed by atoms with Crippen LogP contribution in [0.15, 0.2) is 76.4 Å². The number of fused-ring (bicyclic) bond motifs is 1. The van der Waals surface area contributed by atoms with E-state index in [0.717, 1.165) is 27.1 Å². The Labute approximate surface area is 202 Å². The molecule has 0 aliphatic rings. The van der Waals surface area contributed by atoms with E-state index in [1.165, 1.54) is 11.4 Å². The molecule has 9 heteroatoms. The molecule has 7 nitrogen and oxygen atoms in total. The molecule has 0 aliphatic heterocycles. The standard InChI is InChI=1S/C25H25N3O4S2/c1-16(2)28-22-14-9-19(15-23(22)33-25(28)30)26-24(29)18-7-10-20(11-8-18)27(4)34(31,32)21-12-5-17(3)6-13-21/h5-16H,1-4H3,(H,26,29). The van der Waals surface area contributed by atoms with Gasteiger partial charge in [-0.3, -0.25) is 18.5 Å². The lowest BCUT2D eigenvalue weighted by molar-refractivity contribution is 0.102. The molecule has 0 radical (unpaired) electrons. The Morgan fingerprint density at radius 2 is 1.65 bits per heavy atom. The first kappa shape index (κ1) is 23.7. The van der Waals surface area contributed by atoms with E-state index in [9.17, 15) is 18.0 Å². The fraction of sp³-hybridized carbons (Fsp3) is 0.200. The van der Waals surface area contributed by atoms with E-state index >= 15 is 0 Å². The number of anilines is 2. The zero-order valence-electron chi connectivity index (χ0n) is 19.3. The summed E-state index contributed by atoms with van der Waals surface area (Å²) in [5.74, 6) is -0.328. The van der Waals surface area contributed by atoms with Crippen LogP contribution in [0.3, 0.4) is 0 Å². The summed E-state index contributed by atoms with van der Waals surface area (Å²) in [7, 11) is -2.23. The summed E-state index contributed by atoms with van der Waals surface area (Å²) >= 11 is 1.14. The van der Waals surface area contributed by atoms with Gasteiger partial charge in [-0.05, 0) is 75.4 Å². The van der Waals surface area contributed by atoms with Crippen molar-refractivity contribution in [2.24, 2.45) is 0 Å². The average Bonchev–Trinajstić information content (AvgIpc) is 3.14. The summed E-state index contributed by atoms with van der Waals surface area (Å²) in [5, 5.41) is 2.84. The number of rotatable bonds is 6. The SMILES string of the molecule is Cc1ccc(S(=O)(=O)N(C)c2ccc(C(=O)Nc3ccc4c(c3)sc(=O)n4C(C)C)cc2)cc1. The maximum Gasteiger partial charge on any atom is 0.308 e. The van der Waals surface area contributed by atoms with Crippen LogP contribution in [0.4, 0.5) is 11.4 Å². The van der Waals surface area contributed by atoms with Crippen LogP contribution >= 0.6 is 11.3 Å². The molecule has 0 fully saturated rings. The average molecular weight is 496 g/mol. The minimum Gasteiger partial charge on any atom is -0.322 e. The van der Waals surface area contributed by atoms with Gasteiger partial charge in [-0.25, -0.2) is 8.42 Å². The smallest absolute Gasteiger partial charge is 0.308 e. The van der Waals surface area contributed by atoms with Gasteiger partial charge in [-0.1, -0.05) is 29.0 Å². The third-order valence-corrected chi connectivity index (χ3v) is 8.28. The summed E-state index contributed by atoms with van der Waals surface area (Å²) in [6, 6.07) is 18.4. The zero-order valence-corrected chi connectivity index (χ0v) is 20.9. The Balaban J connectivity index is 1.52. The molecule has 0 saturated carbocycles. The molecule has 1 amide bonds. The lowest BCUT2D eigenvalue weighted by Gasteiger charge is -2.20. The van der Waals surface area contributed by atoms with E-state index < -0.39 is 10.0 Å². The van der Waals surface area contributed by atoms with Crippen LogP contribution in [0.1, 0.15) is 35.8 Å². The molecule has 0 aliphatic carbocycles. The second kappa shape index (κ2) is 9.08. The van der Waals surface area contributed by atoms with Gasteiger partial charge in [0.25, 0.3) is 15.9 Å². The number of nitrogens with zero attached hydrogens (tertiary/aromatic N) is 2. The number of thiazole rings is 1. The predicted molar refractivity (Wildman–Crippen MR) is 138 cm³/mol. The van der Waals surface area contributed by atoms with Gasteiger partial charge < -0.3 is 5.32 Å². The van der Waals surface area contributed by atoms with Gasteiger partial charge in [0, 0.05) is 24.3 Å². The summed E-state index contributed by atoms with van der Waals surface area (Å²) in [6.07, 6.45) is 0. The van der Waals surface area contributed by atoms with Gasteiger partial charge in [0.05, 0.1) is 20.8 Å². The van der Waals surface area contributed by atoms with Gasteiger partial charge in [0.2, 0.25) is 0 Å². The molecule has 0 bridgehead atoms. The highest BCUT2D eigenvalue weighted by Gasteiger charge is 2.21. The molecular formula is C25H25N3O4S2. The molecule has 34 heavy (non-hydrogen) atoms. The van der Waals surface area contributed by atoms with E-state index in [1.54, 1.807) is 65.2 Å². The maximum atomic E-state index is 12.9. The van der Waals surface area contributed by atoms with Crippen LogP contribution in [0, 0.1) is 6.92 Å². The molecule has 1 heterocycles. The number of amides is 1. The van der Waals surface area contributed by atoms with Crippen molar-refractivity contribution >= 4 is 48.9 Å². The zero-order chi connectivity index (χ0) is 24.6. The lowest BCUT2D eigenvalue weighted by atomic mass is 10.2. The number of nitrogens with one attached hydrogen (secondary N) is 1. The third-order valence-electron chi connectivity index (χ3n) is 5.56. The van der Waals surface area contributed by atoms with Crippen molar-refractivity contribution in [3.05, 3.63) is 87.5 Å². The summed E-state index contributed by atoms with van der Waals surface area (Å²) in [4.78, 5) is 25.2. The van der Waals surface area contributed by atoms with Gasteiger partial charge in [0.15, 0.2) is 0 Å². The third kappa shape index (κ3) is 4.49. The lowest BCUT2D eigenvalue weighted by Crippen LogP contribution is -2.26. The monoisotopic (exact) mass is 495 g/mol. The van der Waals surface area contributed by atoms with Crippen LogP contribution in [-0.2, 0) is 10.0 Å². The molecule has 1 aromatic heterocycles. The van der Waals surface area contributed by atoms with Gasteiger partial charge in [-0.2, -0.15) is 0 Å². The number of carbonyl (C=O) groups excluding carboxylic acids is 1. The highest BCUT2D eigenvalue weighted by molar-refractivity contribution is 7.92. The molecule has 0 unspecified atom stereocenters. The van der Waals surface area contributed by atoms with Crippen molar-refractivity contribution in [3.63, 3.8) is 0 Å². The van der Waals surface area contributed by atoms with Crippen LogP contribution in [-0.4, -0.2) is 25.9 Å². The molecule has 0 saturated heterocycles. The Bertz CT molecular complexity index is 1520. The number of hydrogen-bond donors (Lipinski definition) is 1. The second-order valence-corrected chi connectivity index (χ2v) is 11.3. The van der Waals surface area contributed by atoms with Gasteiger partial charge in [-0.15, -0.1) is 0 Å². The molecule has 4 aromatic rings. The largest absolute Gasteiger partial charge is 0.322 e. The molecule has 1 N–H and O–H groups in total. The van der Waals surface area contributed by atoms with Crippen molar-refractivity contribution in [2.75, 3.05) is 16.7 Å². The first-order valence-corrected chi connectivity index (χ1v) is 13.0. The van der Waals surface area contributed by atoms with E-state index in [0.29, 0.717) is 16.9 Å². The summed E-state index contributed by atoms with van der Waals surface area (Å²) < 4.78 is 29.5. The van der Waals surface area contributed by atoms with E-state index in [2.05, 4.69) is 5.32 Å². The molecule has 0 spiro atoms. The normalized spacial score (nSPS) is 11.7. The van der Waals surface area contributed by atoms with Crippen molar-refractivity contribution in [3.8, 4) is 0 Å². The number of aromatic nitrogens is 1. The van der Waals surface area contributed by atoms with Crippen molar-refractivity contribution in [1.82, 2.24) is 4.57 Å². The maximum absolute atomic E-state index is 12.9. The number of aryl methyl sites for hydroxylation is 1. The fourth-order valence-electron chi connectivity index (χ4n) is 3.64. The van der Waals surface area contributed by atoms with Crippen LogP contribution in [0.25, 0.3) is 10.2 Å². The number of hydrogen-bond acceptors (Lipinski definition) is 5. The summed E-state index contributed by atoms with van der Waals surface area (Å²) in [6.45, 7) is 5.80. The van der Waals surface area contributed by atoms with E-state index in [-0.39, 0.29) is 21.7 Å². The quantitative estimate of drug-likeness (QED) is 0.406. The van der Waals surface area contributed by atoms with Crippen LogP contribution < -0.4 is 14.5 Å². The molecule has 3 aromatic carbocycles. The topological polar surface area (TPSA) is 88.5 Å². The predicted octanol–water partition coefficient (Wildman–Crippen LogP) is 5.03. The van der Waals surface area contributed by atoms with Gasteiger partial charge in [0.1, 0.15) is 0 Å². The van der Waals surface area contributed by atoms with Crippen LogP contribution in [0.2, 0.25) is 0 Å². The number of sulfonamides is 1. The van der Waals surface area contributed by atoms with Crippen molar-refractivity contribution in [1.29, 1.82) is 0 Å². The molecule has 0 atom stereocenters. The van der Waals surface area contributed by atoms with Crippen LogP contribution in [0.5, 0.6) is 0 Å². The fourth-order valence-corrected chi connectivity index (χ4v) is 5.88. The minimum atomic E-state index is -3.71.